The van der Waals surface area contributed by atoms with Gasteiger partial charge in [-0.3, -0.25) is 14.3 Å². The number of likely N-dealkylation sites (N-methyl/N-ethyl adjacent to an activating group) is 1. The Labute approximate surface area is 213 Å². The van der Waals surface area contributed by atoms with Crippen molar-refractivity contribution in [2.75, 3.05) is 51.8 Å². The SMILES string of the molecule is CNC(=O)[C@H]1O[C@@H](n2cnc3c(NCc4cccc(OCCN5CCOCC5)c4)ncnc32)[C@@H](O)[C@@H]1N. The Morgan fingerprint density at radius 2 is 2.11 bits per heavy atom. The highest BCUT2D eigenvalue weighted by atomic mass is 16.5. The van der Waals surface area contributed by atoms with Crippen molar-refractivity contribution in [2.24, 2.45) is 5.73 Å². The van der Waals surface area contributed by atoms with Crippen LogP contribution < -0.4 is 21.1 Å². The molecular weight excluding hydrogens is 480 g/mol. The number of hydrogen-bond donors (Lipinski definition) is 4. The fraction of sp³-hybridized carbons (Fsp3) is 0.500. The van der Waals surface area contributed by atoms with Gasteiger partial charge < -0.3 is 35.7 Å². The molecule has 5 rings (SSSR count). The van der Waals surface area contributed by atoms with E-state index in [4.69, 9.17) is 19.9 Å². The van der Waals surface area contributed by atoms with Crippen molar-refractivity contribution in [2.45, 2.75) is 31.0 Å². The summed E-state index contributed by atoms with van der Waals surface area (Å²) >= 11 is 0. The molecule has 13 heteroatoms. The lowest BCUT2D eigenvalue weighted by Crippen LogP contribution is -2.46. The molecule has 2 fully saturated rings. The number of amides is 1. The minimum absolute atomic E-state index is 0.400. The van der Waals surface area contributed by atoms with E-state index in [2.05, 4.69) is 30.5 Å². The molecule has 198 valence electrons. The average Bonchev–Trinajstić information content (AvgIpc) is 3.49. The number of rotatable bonds is 9. The van der Waals surface area contributed by atoms with Crippen LogP contribution in [-0.4, -0.2) is 100 Å². The smallest absolute Gasteiger partial charge is 0.250 e. The maximum absolute atomic E-state index is 12.1. The Hall–Kier alpha value is -3.36. The highest BCUT2D eigenvalue weighted by Gasteiger charge is 2.46. The highest BCUT2D eigenvalue weighted by molar-refractivity contribution is 5.83. The lowest BCUT2D eigenvalue weighted by atomic mass is 10.1. The number of aliphatic hydroxyl groups excluding tert-OH is 1. The number of imidazole rings is 1. The van der Waals surface area contributed by atoms with Gasteiger partial charge >= 0.3 is 0 Å². The van der Waals surface area contributed by atoms with Crippen LogP contribution in [0.5, 0.6) is 5.75 Å². The van der Waals surface area contributed by atoms with Crippen molar-refractivity contribution >= 4 is 22.9 Å². The van der Waals surface area contributed by atoms with Crippen LogP contribution in [0.15, 0.2) is 36.9 Å². The van der Waals surface area contributed by atoms with Crippen molar-refractivity contribution in [3.05, 3.63) is 42.5 Å². The first-order chi connectivity index (χ1) is 18.0. The second-order valence-corrected chi connectivity index (χ2v) is 8.98. The fourth-order valence-corrected chi connectivity index (χ4v) is 4.52. The third-order valence-electron chi connectivity index (χ3n) is 6.60. The number of nitrogens with zero attached hydrogens (tertiary/aromatic N) is 5. The summed E-state index contributed by atoms with van der Waals surface area (Å²) in [5.74, 6) is 0.934. The zero-order valence-electron chi connectivity index (χ0n) is 20.6. The van der Waals surface area contributed by atoms with Crippen LogP contribution in [0.4, 0.5) is 5.82 Å². The summed E-state index contributed by atoms with van der Waals surface area (Å²) in [7, 11) is 1.49. The Bertz CT molecular complexity index is 1220. The number of carbonyl (C=O) groups is 1. The molecule has 2 saturated heterocycles. The van der Waals surface area contributed by atoms with Gasteiger partial charge in [0.2, 0.25) is 0 Å². The number of nitrogens with one attached hydrogen (secondary N) is 2. The van der Waals surface area contributed by atoms with Crippen LogP contribution in [0, 0.1) is 0 Å². The van der Waals surface area contributed by atoms with Gasteiger partial charge in [0.1, 0.15) is 24.8 Å². The third kappa shape index (κ3) is 5.50. The second-order valence-electron chi connectivity index (χ2n) is 8.98. The number of fused-ring (bicyclic) bond motifs is 1. The molecule has 1 aromatic carbocycles. The van der Waals surface area contributed by atoms with Crippen LogP contribution >= 0.6 is 0 Å². The minimum Gasteiger partial charge on any atom is -0.492 e. The van der Waals surface area contributed by atoms with Crippen molar-refractivity contribution in [3.8, 4) is 5.75 Å². The summed E-state index contributed by atoms with van der Waals surface area (Å²) in [6.07, 6.45) is -0.0927. The van der Waals surface area contributed by atoms with Crippen LogP contribution in [0.1, 0.15) is 11.8 Å². The standard InChI is InChI=1S/C24H32N8O5/c1-26-23(34)20-17(25)19(33)24(37-20)32-14-30-18-21(28-13-29-22(18)32)27-12-15-3-2-4-16(11-15)36-10-7-31-5-8-35-9-6-31/h2-4,11,13-14,17,19-20,24,33H,5-10,12,25H2,1H3,(H,26,34)(H,27,28,29)/t17-,19-,20-,24+/m0/s1. The maximum atomic E-state index is 12.1. The number of benzene rings is 1. The van der Waals surface area contributed by atoms with Gasteiger partial charge in [-0.1, -0.05) is 12.1 Å². The van der Waals surface area contributed by atoms with E-state index >= 15 is 0 Å². The summed E-state index contributed by atoms with van der Waals surface area (Å²) < 4.78 is 18.7. The van der Waals surface area contributed by atoms with Gasteiger partial charge in [0.05, 0.1) is 25.6 Å². The third-order valence-corrected chi connectivity index (χ3v) is 6.60. The molecule has 0 bridgehead atoms. The zero-order chi connectivity index (χ0) is 25.8. The van der Waals surface area contributed by atoms with Crippen LogP contribution in [-0.2, 0) is 20.8 Å². The molecule has 2 aromatic heterocycles. The Kier molecular flexibility index (Phi) is 7.76. The van der Waals surface area contributed by atoms with E-state index in [9.17, 15) is 9.90 Å². The van der Waals surface area contributed by atoms with Crippen LogP contribution in [0.3, 0.4) is 0 Å². The molecule has 2 aliphatic heterocycles. The molecule has 1 amide bonds. The lowest BCUT2D eigenvalue weighted by molar-refractivity contribution is -0.134. The Morgan fingerprint density at radius 3 is 2.92 bits per heavy atom. The number of anilines is 1. The van der Waals surface area contributed by atoms with Crippen LogP contribution in [0.2, 0.25) is 0 Å². The lowest BCUT2D eigenvalue weighted by Gasteiger charge is -2.26. The molecule has 4 atom stereocenters. The predicted molar refractivity (Wildman–Crippen MR) is 134 cm³/mol. The molecule has 3 aromatic rings. The monoisotopic (exact) mass is 512 g/mol. The van der Waals surface area contributed by atoms with Gasteiger partial charge in [-0.2, -0.15) is 0 Å². The summed E-state index contributed by atoms with van der Waals surface area (Å²) in [6, 6.07) is 7.01. The summed E-state index contributed by atoms with van der Waals surface area (Å²) in [5, 5.41) is 16.4. The van der Waals surface area contributed by atoms with E-state index in [0.29, 0.717) is 30.1 Å². The summed E-state index contributed by atoms with van der Waals surface area (Å²) in [6.45, 7) is 5.38. The van der Waals surface area contributed by atoms with Gasteiger partial charge in [0.15, 0.2) is 29.3 Å². The number of nitrogens with two attached hydrogens (primary N) is 1. The van der Waals surface area contributed by atoms with Gasteiger partial charge in [0.25, 0.3) is 5.91 Å². The van der Waals surface area contributed by atoms with Gasteiger partial charge in [0, 0.05) is 33.2 Å². The van der Waals surface area contributed by atoms with E-state index < -0.39 is 30.4 Å². The number of morpholine rings is 1. The molecule has 2 aliphatic rings. The van der Waals surface area contributed by atoms with Gasteiger partial charge in [-0.05, 0) is 17.7 Å². The molecule has 5 N–H and O–H groups in total. The number of aliphatic hydroxyl groups is 1. The van der Waals surface area contributed by atoms with Crippen molar-refractivity contribution in [1.82, 2.24) is 29.7 Å². The molecule has 13 nitrogen and oxygen atoms in total. The molecule has 0 saturated carbocycles. The Morgan fingerprint density at radius 1 is 1.27 bits per heavy atom. The molecular formula is C24H32N8O5. The van der Waals surface area contributed by atoms with Crippen molar-refractivity contribution < 1.29 is 24.1 Å². The molecule has 0 spiro atoms. The van der Waals surface area contributed by atoms with Gasteiger partial charge in [-0.15, -0.1) is 0 Å². The van der Waals surface area contributed by atoms with Gasteiger partial charge in [-0.25, -0.2) is 15.0 Å². The van der Waals surface area contributed by atoms with Crippen LogP contribution in [0.25, 0.3) is 11.2 Å². The molecule has 0 radical (unpaired) electrons. The molecule has 0 unspecified atom stereocenters. The summed E-state index contributed by atoms with van der Waals surface area (Å²) in [4.78, 5) is 27.5. The zero-order valence-corrected chi connectivity index (χ0v) is 20.6. The van der Waals surface area contributed by atoms with Crippen molar-refractivity contribution in [3.63, 3.8) is 0 Å². The number of aromatic nitrogens is 4. The minimum atomic E-state index is -1.11. The normalized spacial score (nSPS) is 24.3. The first-order valence-corrected chi connectivity index (χ1v) is 12.3. The molecule has 0 aliphatic carbocycles. The average molecular weight is 513 g/mol. The van der Waals surface area contributed by atoms with E-state index in [1.54, 1.807) is 4.57 Å². The fourth-order valence-electron chi connectivity index (χ4n) is 4.52. The van der Waals surface area contributed by atoms with Crippen molar-refractivity contribution in [1.29, 1.82) is 0 Å². The first kappa shape index (κ1) is 25.3. The highest BCUT2D eigenvalue weighted by Crippen LogP contribution is 2.31. The largest absolute Gasteiger partial charge is 0.492 e. The number of carbonyl (C=O) groups excluding carboxylic acids is 1. The second kappa shape index (κ2) is 11.4. The Balaban J connectivity index is 1.23. The molecule has 4 heterocycles. The van der Waals surface area contributed by atoms with E-state index in [0.717, 1.165) is 44.2 Å². The molecule has 37 heavy (non-hydrogen) atoms. The number of hydrogen-bond acceptors (Lipinski definition) is 11. The maximum Gasteiger partial charge on any atom is 0.250 e. The van der Waals surface area contributed by atoms with E-state index in [-0.39, 0.29) is 0 Å². The van der Waals surface area contributed by atoms with E-state index in [1.165, 1.54) is 19.7 Å². The summed E-state index contributed by atoms with van der Waals surface area (Å²) in [5.41, 5.74) is 8.01. The predicted octanol–water partition coefficient (Wildman–Crippen LogP) is -0.519. The quantitative estimate of drug-likeness (QED) is 0.292. The number of ether oxygens (including phenoxy) is 3. The van der Waals surface area contributed by atoms with E-state index in [1.807, 2.05) is 24.3 Å². The first-order valence-electron chi connectivity index (χ1n) is 12.3. The topological polar surface area (TPSA) is 162 Å².